The number of esters is 1. The number of ether oxygens (including phenoxy) is 1. The van der Waals surface area contributed by atoms with Crippen molar-refractivity contribution in [2.75, 3.05) is 7.11 Å². The third-order valence-corrected chi connectivity index (χ3v) is 9.41. The molecule has 2 atom stereocenters. The highest BCUT2D eigenvalue weighted by atomic mass is 32.2. The zero-order valence-electron chi connectivity index (χ0n) is 18.2. The van der Waals surface area contributed by atoms with E-state index in [0.717, 1.165) is 38.2 Å². The molecule has 0 spiro atoms. The van der Waals surface area contributed by atoms with Gasteiger partial charge in [0.05, 0.1) is 18.1 Å². The number of carbonyl (C=O) groups is 2. The Morgan fingerprint density at radius 1 is 1.16 bits per heavy atom. The van der Waals surface area contributed by atoms with Crippen molar-refractivity contribution < 1.29 is 27.1 Å². The van der Waals surface area contributed by atoms with Gasteiger partial charge in [-0.25, -0.2) is 12.8 Å². The summed E-state index contributed by atoms with van der Waals surface area (Å²) in [4.78, 5) is 25.2. The molecule has 1 N–H and O–H groups in total. The van der Waals surface area contributed by atoms with Gasteiger partial charge in [-0.3, -0.25) is 9.59 Å². The average Bonchev–Trinajstić information content (AvgIpc) is 2.68. The molecule has 0 aliphatic heterocycles. The minimum absolute atomic E-state index is 0.130. The number of hydrogen-bond acceptors (Lipinski definition) is 5. The fourth-order valence-electron chi connectivity index (χ4n) is 6.51. The highest BCUT2D eigenvalue weighted by Gasteiger charge is 2.59. The van der Waals surface area contributed by atoms with Crippen LogP contribution in [0.4, 0.5) is 4.39 Å². The average molecular weight is 452 g/mol. The minimum Gasteiger partial charge on any atom is -0.469 e. The molecule has 170 valence electrons. The van der Waals surface area contributed by atoms with E-state index in [-0.39, 0.29) is 35.9 Å². The fourth-order valence-corrected chi connectivity index (χ4v) is 7.99. The lowest BCUT2D eigenvalue weighted by Gasteiger charge is -2.58. The van der Waals surface area contributed by atoms with Gasteiger partial charge in [0.2, 0.25) is 10.0 Å². The maximum absolute atomic E-state index is 14.0. The van der Waals surface area contributed by atoms with E-state index in [1.54, 1.807) is 0 Å². The SMILES string of the molecule is COC(=O)C12CC3CC(C1)C(CC(=O)C(C)(C)NS(=O)(=O)c1ccccc1F)C(C3)C2. The molecule has 8 heteroatoms. The number of nitrogens with one attached hydrogen (secondary N) is 1. The summed E-state index contributed by atoms with van der Waals surface area (Å²) >= 11 is 0. The van der Waals surface area contributed by atoms with Crippen LogP contribution in [-0.4, -0.2) is 32.8 Å². The molecule has 4 bridgehead atoms. The Balaban J connectivity index is 1.48. The van der Waals surface area contributed by atoms with Gasteiger partial charge in [-0.2, -0.15) is 4.72 Å². The minimum atomic E-state index is -4.19. The Bertz CT molecular complexity index is 989. The summed E-state index contributed by atoms with van der Waals surface area (Å²) in [5.74, 6) is -0.0183. The number of halogens is 1. The van der Waals surface area contributed by atoms with Crippen LogP contribution in [-0.2, 0) is 24.3 Å². The lowest BCUT2D eigenvalue weighted by Crippen LogP contribution is -2.56. The van der Waals surface area contributed by atoms with Crippen molar-refractivity contribution in [2.45, 2.75) is 62.8 Å². The summed E-state index contributed by atoms with van der Waals surface area (Å²) in [5.41, 5.74) is -1.78. The van der Waals surface area contributed by atoms with Crippen LogP contribution in [0.25, 0.3) is 0 Å². The predicted octanol–water partition coefficient (Wildman–Crippen LogP) is 3.46. The van der Waals surface area contributed by atoms with Gasteiger partial charge in [0.15, 0.2) is 5.78 Å². The lowest BCUT2D eigenvalue weighted by atomic mass is 9.45. The zero-order chi connectivity index (χ0) is 22.6. The molecule has 0 aromatic heterocycles. The normalized spacial score (nSPS) is 32.1. The van der Waals surface area contributed by atoms with Gasteiger partial charge in [-0.05, 0) is 81.8 Å². The van der Waals surface area contributed by atoms with Crippen LogP contribution in [0.2, 0.25) is 0 Å². The van der Waals surface area contributed by atoms with Crippen LogP contribution in [0, 0.1) is 34.9 Å². The second-order valence-corrected chi connectivity index (χ2v) is 11.8. The summed E-state index contributed by atoms with van der Waals surface area (Å²) in [5, 5.41) is 0. The number of methoxy groups -OCH3 is 1. The summed E-state index contributed by atoms with van der Waals surface area (Å²) in [6.07, 6.45) is 4.63. The molecule has 1 aromatic rings. The largest absolute Gasteiger partial charge is 0.469 e. The Kier molecular flexibility index (Phi) is 5.53. The summed E-state index contributed by atoms with van der Waals surface area (Å²) in [6, 6.07) is 5.12. The molecular weight excluding hydrogens is 421 g/mol. The van der Waals surface area contributed by atoms with Crippen LogP contribution in [0.15, 0.2) is 29.2 Å². The van der Waals surface area contributed by atoms with Crippen LogP contribution in [0.5, 0.6) is 0 Å². The number of Topliss-reactive ketones (excluding diaryl/α,β-unsaturated/α-hetero) is 1. The van der Waals surface area contributed by atoms with Crippen molar-refractivity contribution in [1.82, 2.24) is 4.72 Å². The second-order valence-electron chi connectivity index (χ2n) is 10.2. The van der Waals surface area contributed by atoms with Crippen LogP contribution in [0.3, 0.4) is 0 Å². The number of hydrogen-bond donors (Lipinski definition) is 1. The third-order valence-electron chi connectivity index (χ3n) is 7.72. The van der Waals surface area contributed by atoms with Gasteiger partial charge < -0.3 is 4.74 Å². The molecular formula is C23H30FNO5S. The van der Waals surface area contributed by atoms with Crippen LogP contribution in [0.1, 0.15) is 52.4 Å². The standard InChI is InChI=1S/C23H30FNO5S/c1-22(2,25-31(28,29)19-7-5-4-6-18(19)24)20(26)10-17-15-8-14-9-16(17)13-23(11-14,12-15)21(27)30-3/h4-7,14-17,25H,8-13H2,1-3H3. The van der Waals surface area contributed by atoms with Crippen molar-refractivity contribution >= 4 is 21.8 Å². The topological polar surface area (TPSA) is 89.5 Å². The smallest absolute Gasteiger partial charge is 0.311 e. The summed E-state index contributed by atoms with van der Waals surface area (Å²) in [6.45, 7) is 3.06. The Hall–Kier alpha value is -1.80. The molecule has 0 saturated heterocycles. The van der Waals surface area contributed by atoms with Gasteiger partial charge in [0.25, 0.3) is 0 Å². The lowest BCUT2D eigenvalue weighted by molar-refractivity contribution is -0.175. The van der Waals surface area contributed by atoms with Gasteiger partial charge in [0.1, 0.15) is 10.7 Å². The van der Waals surface area contributed by atoms with E-state index < -0.39 is 31.7 Å². The van der Waals surface area contributed by atoms with Crippen LogP contribution < -0.4 is 4.72 Å². The summed E-state index contributed by atoms with van der Waals surface area (Å²) in [7, 11) is -2.75. The van der Waals surface area contributed by atoms with E-state index >= 15 is 0 Å². The van der Waals surface area contributed by atoms with Crippen molar-refractivity contribution in [3.05, 3.63) is 30.1 Å². The monoisotopic (exact) mass is 451 g/mol. The zero-order valence-corrected chi connectivity index (χ0v) is 19.0. The number of carbonyl (C=O) groups excluding carboxylic acids is 2. The quantitative estimate of drug-likeness (QED) is 0.642. The number of benzene rings is 1. The van der Waals surface area contributed by atoms with E-state index in [9.17, 15) is 22.4 Å². The Labute approximate surface area is 183 Å². The number of rotatable bonds is 7. The Morgan fingerprint density at radius 2 is 1.77 bits per heavy atom. The maximum atomic E-state index is 14.0. The summed E-state index contributed by atoms with van der Waals surface area (Å²) < 4.78 is 46.9. The second kappa shape index (κ2) is 7.66. The predicted molar refractivity (Wildman–Crippen MR) is 112 cm³/mol. The highest BCUT2D eigenvalue weighted by Crippen LogP contribution is 2.63. The van der Waals surface area contributed by atoms with Gasteiger partial charge in [-0.15, -0.1) is 0 Å². The first-order valence-corrected chi connectivity index (χ1v) is 12.4. The molecule has 0 amide bonds. The molecule has 4 fully saturated rings. The molecule has 6 nitrogen and oxygen atoms in total. The molecule has 0 radical (unpaired) electrons. The molecule has 5 rings (SSSR count). The molecule has 2 unspecified atom stereocenters. The van der Waals surface area contributed by atoms with Crippen LogP contribution >= 0.6 is 0 Å². The van der Waals surface area contributed by atoms with E-state index in [2.05, 4.69) is 4.72 Å². The van der Waals surface area contributed by atoms with E-state index in [0.29, 0.717) is 5.92 Å². The van der Waals surface area contributed by atoms with Crippen molar-refractivity contribution in [1.29, 1.82) is 0 Å². The first kappa shape index (κ1) is 22.4. The van der Waals surface area contributed by atoms with E-state index in [1.807, 2.05) is 0 Å². The first-order valence-electron chi connectivity index (χ1n) is 10.9. The van der Waals surface area contributed by atoms with Gasteiger partial charge >= 0.3 is 5.97 Å². The molecule has 4 aliphatic carbocycles. The van der Waals surface area contributed by atoms with Crippen molar-refractivity contribution in [2.24, 2.45) is 29.1 Å². The van der Waals surface area contributed by atoms with Gasteiger partial charge in [0, 0.05) is 6.42 Å². The van der Waals surface area contributed by atoms with E-state index in [4.69, 9.17) is 4.74 Å². The highest BCUT2D eigenvalue weighted by molar-refractivity contribution is 7.89. The van der Waals surface area contributed by atoms with Crippen molar-refractivity contribution in [3.8, 4) is 0 Å². The molecule has 31 heavy (non-hydrogen) atoms. The maximum Gasteiger partial charge on any atom is 0.311 e. The molecule has 4 aliphatic rings. The van der Waals surface area contributed by atoms with Crippen molar-refractivity contribution in [3.63, 3.8) is 0 Å². The third kappa shape index (κ3) is 3.93. The Morgan fingerprint density at radius 3 is 2.35 bits per heavy atom. The molecule has 4 saturated carbocycles. The number of ketones is 1. The first-order chi connectivity index (χ1) is 14.5. The molecule has 1 aromatic carbocycles. The fraction of sp³-hybridized carbons (Fsp3) is 0.652. The van der Waals surface area contributed by atoms with E-state index in [1.165, 1.54) is 39.2 Å². The van der Waals surface area contributed by atoms with Gasteiger partial charge in [-0.1, -0.05) is 12.1 Å². The number of sulfonamides is 1. The molecule has 0 heterocycles.